The molecule has 1 aliphatic carbocycles. The summed E-state index contributed by atoms with van der Waals surface area (Å²) in [5.74, 6) is -0.743. The molecule has 8 nitrogen and oxygen atoms in total. The minimum Gasteiger partial charge on any atom is -0.507 e. The topological polar surface area (TPSA) is 108 Å². The predicted molar refractivity (Wildman–Crippen MR) is 139 cm³/mol. The molecule has 4 atom stereocenters. The Labute approximate surface area is 213 Å². The Bertz CT molecular complexity index is 1140. The van der Waals surface area contributed by atoms with Gasteiger partial charge in [0.1, 0.15) is 23.4 Å². The average molecular weight is 496 g/mol. The quantitative estimate of drug-likeness (QED) is 0.509. The fourth-order valence-corrected chi connectivity index (χ4v) is 4.18. The number of aryl methyl sites for hydroxylation is 2. The average Bonchev–Trinajstić information content (AvgIpc) is 3.49. The number of ether oxygens (including phenoxy) is 1. The number of nitrogens with zero attached hydrogens (tertiary/aromatic N) is 1. The van der Waals surface area contributed by atoms with Gasteiger partial charge in [-0.1, -0.05) is 43.3 Å². The Balaban J connectivity index is 2.00. The van der Waals surface area contributed by atoms with E-state index in [2.05, 4.69) is 10.6 Å². The number of aromatic hydroxyl groups is 1. The van der Waals surface area contributed by atoms with E-state index in [1.54, 1.807) is 58.9 Å². The van der Waals surface area contributed by atoms with E-state index < -0.39 is 35.6 Å². The largest absolute Gasteiger partial charge is 0.507 e. The minimum atomic E-state index is -1.10. The number of carbonyl (C=O) groups is 3. The fraction of sp³-hybridized carbons (Fsp3) is 0.464. The number of carbonyl (C=O) groups excluding carboxylic acids is 3. The summed E-state index contributed by atoms with van der Waals surface area (Å²) in [5, 5.41) is 16.5. The molecule has 1 fully saturated rings. The second-order valence-electron chi connectivity index (χ2n) is 10.6. The van der Waals surface area contributed by atoms with Gasteiger partial charge in [0.05, 0.1) is 0 Å². The van der Waals surface area contributed by atoms with Gasteiger partial charge in [-0.2, -0.15) is 0 Å². The summed E-state index contributed by atoms with van der Waals surface area (Å²) in [6.07, 6.45) is -0.00233. The molecule has 0 bridgehead atoms. The van der Waals surface area contributed by atoms with Gasteiger partial charge in [0.25, 0.3) is 5.91 Å². The van der Waals surface area contributed by atoms with Crippen LogP contribution in [0.2, 0.25) is 0 Å². The molecule has 3 rings (SSSR count). The normalized spacial score (nSPS) is 18.5. The SMILES string of the molecule is Cc1ccccc1NC(=O)C(c1cccc(C)c1O)N(C(=O)C(C)NC(=O)OC(C)(C)C)C1CC1C. The zero-order valence-corrected chi connectivity index (χ0v) is 22.1. The van der Waals surface area contributed by atoms with Crippen LogP contribution in [0.15, 0.2) is 42.5 Å². The van der Waals surface area contributed by atoms with E-state index in [4.69, 9.17) is 4.74 Å². The molecule has 0 saturated heterocycles. The highest BCUT2D eigenvalue weighted by molar-refractivity contribution is 6.00. The smallest absolute Gasteiger partial charge is 0.408 e. The summed E-state index contributed by atoms with van der Waals surface area (Å²) in [4.78, 5) is 41.5. The van der Waals surface area contributed by atoms with Crippen molar-refractivity contribution in [3.05, 3.63) is 59.2 Å². The lowest BCUT2D eigenvalue weighted by atomic mass is 9.98. The third kappa shape index (κ3) is 6.36. The maximum atomic E-state index is 13.8. The van der Waals surface area contributed by atoms with E-state index >= 15 is 0 Å². The first-order chi connectivity index (χ1) is 16.8. The van der Waals surface area contributed by atoms with Crippen molar-refractivity contribution in [2.24, 2.45) is 5.92 Å². The van der Waals surface area contributed by atoms with Crippen LogP contribution in [0.5, 0.6) is 5.75 Å². The van der Waals surface area contributed by atoms with E-state index in [9.17, 15) is 19.5 Å². The molecule has 36 heavy (non-hydrogen) atoms. The lowest BCUT2D eigenvalue weighted by Crippen LogP contribution is -2.52. The standard InChI is InChI=1S/C28H37N3O5/c1-16-11-8-9-14-21(16)30-25(33)23(20-13-10-12-17(2)24(20)32)31(22-15-18(22)3)26(34)19(4)29-27(35)36-28(5,6)7/h8-14,18-19,22-23,32H,15H2,1-7H3,(H,29,35)(H,30,33). The Morgan fingerprint density at radius 3 is 2.25 bits per heavy atom. The Kier molecular flexibility index (Phi) is 7.96. The molecule has 0 radical (unpaired) electrons. The molecule has 0 heterocycles. The molecule has 4 unspecified atom stereocenters. The van der Waals surface area contributed by atoms with Crippen molar-refractivity contribution in [1.29, 1.82) is 0 Å². The van der Waals surface area contributed by atoms with E-state index in [1.807, 2.05) is 32.0 Å². The number of amides is 3. The molecule has 0 aliphatic heterocycles. The summed E-state index contributed by atoms with van der Waals surface area (Å²) in [6, 6.07) is 10.3. The molecule has 1 aliphatic rings. The first-order valence-corrected chi connectivity index (χ1v) is 12.3. The van der Waals surface area contributed by atoms with Crippen molar-refractivity contribution in [3.63, 3.8) is 0 Å². The fourth-order valence-electron chi connectivity index (χ4n) is 4.18. The van der Waals surface area contributed by atoms with Crippen LogP contribution >= 0.6 is 0 Å². The highest BCUT2D eigenvalue weighted by atomic mass is 16.6. The number of alkyl carbamates (subject to hydrolysis) is 1. The van der Waals surface area contributed by atoms with Crippen LogP contribution in [0.4, 0.5) is 10.5 Å². The lowest BCUT2D eigenvalue weighted by molar-refractivity contribution is -0.141. The molecular weight excluding hydrogens is 458 g/mol. The van der Waals surface area contributed by atoms with E-state index in [1.165, 1.54) is 4.90 Å². The highest BCUT2D eigenvalue weighted by Crippen LogP contribution is 2.43. The van der Waals surface area contributed by atoms with Crippen LogP contribution in [0.1, 0.15) is 63.8 Å². The van der Waals surface area contributed by atoms with E-state index in [0.717, 1.165) is 5.56 Å². The van der Waals surface area contributed by atoms with Gasteiger partial charge in [0.15, 0.2) is 0 Å². The summed E-state index contributed by atoms with van der Waals surface area (Å²) in [6.45, 7) is 12.4. The maximum absolute atomic E-state index is 13.8. The van der Waals surface area contributed by atoms with Crippen molar-refractivity contribution in [3.8, 4) is 5.75 Å². The molecule has 0 spiro atoms. The van der Waals surface area contributed by atoms with Crippen molar-refractivity contribution in [2.75, 3.05) is 5.32 Å². The lowest BCUT2D eigenvalue weighted by Gasteiger charge is -2.34. The molecule has 3 N–H and O–H groups in total. The molecule has 1 saturated carbocycles. The molecule has 2 aromatic rings. The first kappa shape index (κ1) is 27.0. The summed E-state index contributed by atoms with van der Waals surface area (Å²) < 4.78 is 5.32. The Morgan fingerprint density at radius 1 is 1.06 bits per heavy atom. The third-order valence-corrected chi connectivity index (χ3v) is 6.28. The van der Waals surface area contributed by atoms with Crippen molar-refractivity contribution >= 4 is 23.6 Å². The van der Waals surface area contributed by atoms with Crippen LogP contribution in [0.25, 0.3) is 0 Å². The molecular formula is C28H37N3O5. The molecule has 194 valence electrons. The van der Waals surface area contributed by atoms with E-state index in [-0.39, 0.29) is 17.7 Å². The van der Waals surface area contributed by atoms with Crippen molar-refractivity contribution in [2.45, 2.75) is 78.6 Å². The van der Waals surface area contributed by atoms with Crippen molar-refractivity contribution in [1.82, 2.24) is 10.2 Å². The Morgan fingerprint density at radius 2 is 1.67 bits per heavy atom. The first-order valence-electron chi connectivity index (χ1n) is 12.3. The van der Waals surface area contributed by atoms with Gasteiger partial charge in [0, 0.05) is 17.3 Å². The summed E-state index contributed by atoms with van der Waals surface area (Å²) >= 11 is 0. The number of phenols is 1. The maximum Gasteiger partial charge on any atom is 0.408 e. The van der Waals surface area contributed by atoms with Gasteiger partial charge in [-0.3, -0.25) is 9.59 Å². The zero-order chi connectivity index (χ0) is 26.8. The summed E-state index contributed by atoms with van der Waals surface area (Å²) in [7, 11) is 0. The second kappa shape index (κ2) is 10.6. The number of nitrogens with one attached hydrogen (secondary N) is 2. The minimum absolute atomic E-state index is 0.0405. The number of hydrogen-bond acceptors (Lipinski definition) is 5. The Hall–Kier alpha value is -3.55. The van der Waals surface area contributed by atoms with Gasteiger partial charge in [-0.25, -0.2) is 4.79 Å². The number of hydrogen-bond donors (Lipinski definition) is 3. The van der Waals surface area contributed by atoms with E-state index in [0.29, 0.717) is 23.2 Å². The summed E-state index contributed by atoms with van der Waals surface area (Å²) in [5.41, 5.74) is 1.70. The van der Waals surface area contributed by atoms with Crippen LogP contribution in [0.3, 0.4) is 0 Å². The zero-order valence-electron chi connectivity index (χ0n) is 22.1. The van der Waals surface area contributed by atoms with Gasteiger partial charge in [-0.05, 0) is 71.1 Å². The third-order valence-electron chi connectivity index (χ3n) is 6.28. The monoisotopic (exact) mass is 495 g/mol. The molecule has 2 aromatic carbocycles. The van der Waals surface area contributed by atoms with Gasteiger partial charge < -0.3 is 25.4 Å². The van der Waals surface area contributed by atoms with Gasteiger partial charge in [0.2, 0.25) is 5.91 Å². The highest BCUT2D eigenvalue weighted by Gasteiger charge is 2.48. The number of para-hydroxylation sites is 2. The molecule has 8 heteroatoms. The molecule has 0 aromatic heterocycles. The van der Waals surface area contributed by atoms with Crippen LogP contribution in [-0.4, -0.2) is 45.6 Å². The van der Waals surface area contributed by atoms with Crippen molar-refractivity contribution < 1.29 is 24.2 Å². The molecule has 3 amide bonds. The van der Waals surface area contributed by atoms with Crippen LogP contribution in [-0.2, 0) is 14.3 Å². The van der Waals surface area contributed by atoms with Gasteiger partial charge >= 0.3 is 6.09 Å². The number of rotatable bonds is 7. The van der Waals surface area contributed by atoms with Gasteiger partial charge in [-0.15, -0.1) is 0 Å². The number of anilines is 1. The van der Waals surface area contributed by atoms with Crippen LogP contribution in [0, 0.1) is 19.8 Å². The number of phenolic OH excluding ortho intramolecular Hbond substituents is 1. The van der Waals surface area contributed by atoms with Crippen LogP contribution < -0.4 is 10.6 Å². The second-order valence-corrected chi connectivity index (χ2v) is 10.6. The predicted octanol–water partition coefficient (Wildman–Crippen LogP) is 4.84. The number of benzene rings is 2.